The number of alkyl halides is 1. The maximum absolute atomic E-state index is 13.7. The number of hydrogen-bond acceptors (Lipinski definition) is 11. The number of esters is 2. The molecule has 254 valence electrons. The maximum Gasteiger partial charge on any atom is 0.306 e. The average Bonchev–Trinajstić information content (AvgIpc) is 3.45. The zero-order valence-electron chi connectivity index (χ0n) is 27.0. The van der Waals surface area contributed by atoms with Crippen LogP contribution in [0.15, 0.2) is 36.5 Å². The van der Waals surface area contributed by atoms with Gasteiger partial charge < -0.3 is 29.6 Å². The summed E-state index contributed by atoms with van der Waals surface area (Å²) in [4.78, 5) is 68.0. The van der Waals surface area contributed by atoms with Crippen molar-refractivity contribution in [2.75, 3.05) is 38.5 Å². The fourth-order valence-electron chi connectivity index (χ4n) is 4.69. The molecule has 1 aromatic heterocycles. The van der Waals surface area contributed by atoms with Crippen molar-refractivity contribution in [3.8, 4) is 0 Å². The number of carbonyl (C=O) groups is 5. The molecule has 0 bridgehead atoms. The standard InChI is InChI=1S/C32H44IN3O9S/c1-21-34-17-28(46-21)31(41)36-26(19-43-5)27(38)15-24(18-42-4)30(40)35-25(14-23-10-7-6-8-11-23)16-32(3,20-33)45-29(39)12-9-13-44-22(2)37/h6-8,10-11,17,24-26H,9,12-16,18-20H2,1-5H3,(H,35,40)(H,36,41)/t24-,25-,26-,32-/m0/s1. The molecule has 0 radical (unpaired) electrons. The minimum absolute atomic E-state index is 0.0296. The number of benzene rings is 1. The summed E-state index contributed by atoms with van der Waals surface area (Å²) in [5.74, 6) is -2.93. The molecule has 4 atom stereocenters. The molecule has 1 aromatic carbocycles. The number of ether oxygens (including phenoxy) is 4. The fourth-order valence-corrected chi connectivity index (χ4v) is 5.83. The lowest BCUT2D eigenvalue weighted by molar-refractivity contribution is -0.158. The minimum atomic E-state index is -0.977. The molecule has 0 aliphatic heterocycles. The third-order valence-electron chi connectivity index (χ3n) is 6.88. The van der Waals surface area contributed by atoms with Gasteiger partial charge in [0.1, 0.15) is 16.5 Å². The molecule has 2 amide bonds. The smallest absolute Gasteiger partial charge is 0.306 e. The number of rotatable bonds is 21. The minimum Gasteiger partial charge on any atom is -0.466 e. The first-order valence-electron chi connectivity index (χ1n) is 14.9. The van der Waals surface area contributed by atoms with Crippen molar-refractivity contribution in [3.63, 3.8) is 0 Å². The molecule has 46 heavy (non-hydrogen) atoms. The number of halogens is 1. The molecule has 12 nitrogen and oxygen atoms in total. The predicted molar refractivity (Wildman–Crippen MR) is 181 cm³/mol. The van der Waals surface area contributed by atoms with Crippen LogP contribution in [0.25, 0.3) is 0 Å². The van der Waals surface area contributed by atoms with Crippen LogP contribution in [0.3, 0.4) is 0 Å². The summed E-state index contributed by atoms with van der Waals surface area (Å²) in [5.41, 5.74) is 0.0539. The van der Waals surface area contributed by atoms with Gasteiger partial charge in [0.2, 0.25) is 5.91 Å². The molecule has 14 heteroatoms. The van der Waals surface area contributed by atoms with Crippen molar-refractivity contribution in [3.05, 3.63) is 52.0 Å². The summed E-state index contributed by atoms with van der Waals surface area (Å²) in [6.07, 6.45) is 2.41. The molecule has 0 aliphatic carbocycles. The highest BCUT2D eigenvalue weighted by atomic mass is 127. The van der Waals surface area contributed by atoms with Crippen molar-refractivity contribution >= 4 is 63.5 Å². The van der Waals surface area contributed by atoms with Gasteiger partial charge in [0.05, 0.1) is 36.9 Å². The Balaban J connectivity index is 2.17. The normalized spacial score (nSPS) is 14.3. The number of ketones is 1. The molecule has 2 aromatic rings. The first kappa shape index (κ1) is 39.2. The number of aromatic nitrogens is 1. The summed E-state index contributed by atoms with van der Waals surface area (Å²) in [6, 6.07) is 8.16. The highest BCUT2D eigenvalue weighted by Crippen LogP contribution is 2.24. The number of thiazole rings is 1. The summed E-state index contributed by atoms with van der Waals surface area (Å²) < 4.78 is 21.7. The number of amides is 2. The van der Waals surface area contributed by atoms with Crippen LogP contribution in [-0.4, -0.2) is 90.7 Å². The Bertz CT molecular complexity index is 1290. The zero-order valence-corrected chi connectivity index (χ0v) is 29.9. The first-order chi connectivity index (χ1) is 21.9. The Morgan fingerprint density at radius 3 is 2.33 bits per heavy atom. The van der Waals surface area contributed by atoms with Gasteiger partial charge in [0.25, 0.3) is 5.91 Å². The Hall–Kier alpha value is -2.95. The van der Waals surface area contributed by atoms with E-state index in [9.17, 15) is 24.0 Å². The van der Waals surface area contributed by atoms with E-state index in [1.165, 1.54) is 38.7 Å². The van der Waals surface area contributed by atoms with Gasteiger partial charge in [-0.1, -0.05) is 52.9 Å². The van der Waals surface area contributed by atoms with Crippen LogP contribution in [0.2, 0.25) is 0 Å². The van der Waals surface area contributed by atoms with E-state index >= 15 is 0 Å². The van der Waals surface area contributed by atoms with E-state index in [2.05, 4.69) is 38.2 Å². The molecule has 2 N–H and O–H groups in total. The van der Waals surface area contributed by atoms with Gasteiger partial charge in [0, 0.05) is 50.9 Å². The van der Waals surface area contributed by atoms with Crippen molar-refractivity contribution in [2.45, 2.75) is 70.6 Å². The molecule has 0 aliphatic rings. The molecule has 0 saturated carbocycles. The first-order valence-corrected chi connectivity index (χ1v) is 17.2. The highest BCUT2D eigenvalue weighted by Gasteiger charge is 2.34. The number of aryl methyl sites for hydroxylation is 1. The van der Waals surface area contributed by atoms with E-state index in [0.29, 0.717) is 33.6 Å². The van der Waals surface area contributed by atoms with Gasteiger partial charge in [-0.15, -0.1) is 11.3 Å². The van der Waals surface area contributed by atoms with Crippen LogP contribution in [0.4, 0.5) is 0 Å². The van der Waals surface area contributed by atoms with Crippen LogP contribution in [0.5, 0.6) is 0 Å². The molecule has 0 spiro atoms. The molecule has 0 unspecified atom stereocenters. The molecular weight excluding hydrogens is 729 g/mol. The Morgan fingerprint density at radius 1 is 1.04 bits per heavy atom. The lowest BCUT2D eigenvalue weighted by Gasteiger charge is -2.33. The van der Waals surface area contributed by atoms with Crippen LogP contribution in [-0.2, 0) is 44.5 Å². The lowest BCUT2D eigenvalue weighted by Crippen LogP contribution is -2.49. The van der Waals surface area contributed by atoms with E-state index < -0.39 is 47.4 Å². The zero-order chi connectivity index (χ0) is 34.1. The fraction of sp³-hybridized carbons (Fsp3) is 0.562. The number of methoxy groups -OCH3 is 2. The summed E-state index contributed by atoms with van der Waals surface area (Å²) in [5, 5.41) is 6.49. The number of Topliss-reactive ketones (excluding diaryl/α,β-unsaturated/α-hetero) is 1. The van der Waals surface area contributed by atoms with E-state index in [-0.39, 0.29) is 38.4 Å². The molecule has 0 saturated heterocycles. The topological polar surface area (TPSA) is 159 Å². The monoisotopic (exact) mass is 773 g/mol. The second-order valence-electron chi connectivity index (χ2n) is 11.1. The number of nitrogens with one attached hydrogen (secondary N) is 2. The second-order valence-corrected chi connectivity index (χ2v) is 13.1. The van der Waals surface area contributed by atoms with Gasteiger partial charge in [0.15, 0.2) is 5.78 Å². The number of nitrogens with zero attached hydrogens (tertiary/aromatic N) is 1. The van der Waals surface area contributed by atoms with E-state index in [0.717, 1.165) is 5.56 Å². The largest absolute Gasteiger partial charge is 0.466 e. The van der Waals surface area contributed by atoms with Crippen molar-refractivity contribution in [1.29, 1.82) is 0 Å². The Kier molecular flexibility index (Phi) is 17.3. The van der Waals surface area contributed by atoms with E-state index in [4.69, 9.17) is 18.9 Å². The van der Waals surface area contributed by atoms with Crippen molar-refractivity contribution < 1.29 is 42.9 Å². The Labute approximate surface area is 287 Å². The van der Waals surface area contributed by atoms with Crippen molar-refractivity contribution in [1.82, 2.24) is 15.6 Å². The third kappa shape index (κ3) is 14.2. The molecular formula is C32H44IN3O9S. The summed E-state index contributed by atoms with van der Waals surface area (Å²) in [7, 11) is 2.87. The van der Waals surface area contributed by atoms with Crippen LogP contribution in [0, 0.1) is 12.8 Å². The van der Waals surface area contributed by atoms with Gasteiger partial charge in [-0.3, -0.25) is 24.0 Å². The maximum atomic E-state index is 13.7. The highest BCUT2D eigenvalue weighted by molar-refractivity contribution is 14.1. The molecule has 2 rings (SSSR count). The summed E-state index contributed by atoms with van der Waals surface area (Å²) in [6.45, 7) is 4.92. The molecule has 0 fully saturated rings. The average molecular weight is 774 g/mol. The van der Waals surface area contributed by atoms with E-state index in [1.54, 1.807) is 6.92 Å². The third-order valence-corrected chi connectivity index (χ3v) is 9.41. The van der Waals surface area contributed by atoms with E-state index in [1.807, 2.05) is 37.3 Å². The van der Waals surface area contributed by atoms with Gasteiger partial charge >= 0.3 is 11.9 Å². The lowest BCUT2D eigenvalue weighted by atomic mass is 9.92. The SMILES string of the molecule is COC[C@H](CC(=O)[C@H](COC)NC(=O)c1cnc(C)s1)C(=O)N[C@@H](Cc1ccccc1)C[C@@](C)(CI)OC(=O)CCCOC(C)=O. The van der Waals surface area contributed by atoms with Crippen LogP contribution < -0.4 is 10.6 Å². The van der Waals surface area contributed by atoms with Gasteiger partial charge in [-0.05, 0) is 32.3 Å². The molecule has 1 heterocycles. The summed E-state index contributed by atoms with van der Waals surface area (Å²) >= 11 is 3.36. The Morgan fingerprint density at radius 2 is 1.74 bits per heavy atom. The number of carbonyl (C=O) groups excluding carboxylic acids is 5. The quantitative estimate of drug-likeness (QED) is 0.0831. The predicted octanol–water partition coefficient (Wildman–Crippen LogP) is 3.62. The number of hydrogen-bond donors (Lipinski definition) is 2. The van der Waals surface area contributed by atoms with Gasteiger partial charge in [-0.2, -0.15) is 0 Å². The van der Waals surface area contributed by atoms with Crippen LogP contribution >= 0.6 is 33.9 Å². The second kappa shape index (κ2) is 20.3. The van der Waals surface area contributed by atoms with Crippen LogP contribution in [0.1, 0.15) is 59.8 Å². The van der Waals surface area contributed by atoms with Crippen molar-refractivity contribution in [2.24, 2.45) is 5.92 Å². The van der Waals surface area contributed by atoms with Gasteiger partial charge in [-0.25, -0.2) is 4.98 Å².